The van der Waals surface area contributed by atoms with Gasteiger partial charge in [-0.2, -0.15) is 5.10 Å². The summed E-state index contributed by atoms with van der Waals surface area (Å²) >= 11 is 0. The van der Waals surface area contributed by atoms with E-state index in [4.69, 9.17) is 20.3 Å². The van der Waals surface area contributed by atoms with E-state index in [-0.39, 0.29) is 11.3 Å². The predicted molar refractivity (Wildman–Crippen MR) is 158 cm³/mol. The minimum Gasteiger partial charge on any atom is -0.330 e. The van der Waals surface area contributed by atoms with Crippen LogP contribution >= 0.6 is 0 Å². The number of nitrogens with zero attached hydrogens (tertiary/aromatic N) is 5. The van der Waals surface area contributed by atoms with Crippen LogP contribution in [0.1, 0.15) is 56.2 Å². The summed E-state index contributed by atoms with van der Waals surface area (Å²) in [6.45, 7) is 7.92. The van der Waals surface area contributed by atoms with Gasteiger partial charge in [0.1, 0.15) is 11.6 Å². The van der Waals surface area contributed by atoms with Crippen molar-refractivity contribution in [2.75, 3.05) is 27.2 Å². The lowest BCUT2D eigenvalue weighted by molar-refractivity contribution is 0.173. The van der Waals surface area contributed by atoms with Crippen molar-refractivity contribution in [1.82, 2.24) is 29.8 Å². The maximum Gasteiger partial charge on any atom is 0.439 e. The first kappa shape index (κ1) is 27.7. The lowest BCUT2D eigenvalue weighted by Crippen LogP contribution is -2.44. The van der Waals surface area contributed by atoms with Gasteiger partial charge in [0.25, 0.3) is 0 Å². The van der Waals surface area contributed by atoms with E-state index in [9.17, 15) is 4.79 Å². The topological polar surface area (TPSA) is 119 Å². The Morgan fingerprint density at radius 2 is 1.88 bits per heavy atom. The van der Waals surface area contributed by atoms with E-state index in [1.165, 1.54) is 16.8 Å². The highest BCUT2D eigenvalue weighted by molar-refractivity contribution is 5.80. The van der Waals surface area contributed by atoms with Crippen molar-refractivity contribution in [1.29, 1.82) is 0 Å². The average Bonchev–Trinajstić information content (AvgIpc) is 3.55. The number of nitrogens with one attached hydrogen (secondary N) is 1. The number of aryl methyl sites for hydroxylation is 1. The minimum absolute atomic E-state index is 0.140. The zero-order valence-corrected chi connectivity index (χ0v) is 24.1. The standard InChI is InChI=1S/C31H39N7O2/c1-6-9-27-23(17-26(29-33-20(2)35-38(27)29)31(3,18-32)19-37(4)5)16-21-12-14-22(15-13-21)24-10-7-8-11-25(24)28-34-30(39)40-36-28/h7-8,10-15,26H,6,9,16-19,32H2,1-5H3,(H,34,36,39). The van der Waals surface area contributed by atoms with Gasteiger partial charge in [0.15, 0.2) is 5.82 Å². The molecule has 5 rings (SSSR count). The summed E-state index contributed by atoms with van der Waals surface area (Å²) in [4.78, 5) is 21.3. The van der Waals surface area contributed by atoms with E-state index in [1.54, 1.807) is 0 Å². The van der Waals surface area contributed by atoms with Crippen LogP contribution in [0.4, 0.5) is 0 Å². The molecule has 4 aromatic rings. The molecule has 2 aromatic carbocycles. The number of allylic oxidation sites excluding steroid dienone is 2. The molecule has 2 atom stereocenters. The smallest absolute Gasteiger partial charge is 0.330 e. The fraction of sp³-hybridized carbons (Fsp3) is 0.419. The molecule has 0 saturated heterocycles. The molecule has 1 aliphatic heterocycles. The molecule has 3 heterocycles. The van der Waals surface area contributed by atoms with Crippen LogP contribution in [0.5, 0.6) is 0 Å². The van der Waals surface area contributed by atoms with Crippen molar-refractivity contribution in [3.63, 3.8) is 0 Å². The highest BCUT2D eigenvalue weighted by Crippen LogP contribution is 2.45. The van der Waals surface area contributed by atoms with Gasteiger partial charge >= 0.3 is 5.76 Å². The zero-order valence-electron chi connectivity index (χ0n) is 24.1. The molecule has 0 amide bonds. The first-order chi connectivity index (χ1) is 19.2. The number of hydrogen-bond acceptors (Lipinski definition) is 7. The van der Waals surface area contributed by atoms with Gasteiger partial charge in [-0.05, 0) is 69.1 Å². The third-order valence-corrected chi connectivity index (χ3v) is 7.94. The lowest BCUT2D eigenvalue weighted by atomic mass is 9.71. The number of rotatable bonds is 10. The SMILES string of the molecule is CCCC1=C(Cc2ccc(-c3ccccc3-c3noc(=O)[nH]3)cc2)CC(C(C)(CN)CN(C)C)c2nc(C)nn21. The fourth-order valence-corrected chi connectivity index (χ4v) is 6.09. The quantitative estimate of drug-likeness (QED) is 0.294. The zero-order chi connectivity index (χ0) is 28.4. The van der Waals surface area contributed by atoms with Crippen molar-refractivity contribution in [3.05, 3.63) is 81.9 Å². The van der Waals surface area contributed by atoms with Crippen LogP contribution in [0.15, 0.2) is 63.4 Å². The first-order valence-electron chi connectivity index (χ1n) is 14.0. The molecule has 0 fully saturated rings. The second-order valence-electron chi connectivity index (χ2n) is 11.4. The Labute approximate surface area is 235 Å². The largest absolute Gasteiger partial charge is 0.439 e. The Hall–Kier alpha value is -3.82. The second-order valence-corrected chi connectivity index (χ2v) is 11.4. The molecular formula is C31H39N7O2. The molecule has 1 aliphatic rings. The second kappa shape index (κ2) is 11.3. The number of aromatic amines is 1. The van der Waals surface area contributed by atoms with Crippen LogP contribution in [0.2, 0.25) is 0 Å². The molecule has 0 spiro atoms. The third-order valence-electron chi connectivity index (χ3n) is 7.94. The molecule has 9 heteroatoms. The summed E-state index contributed by atoms with van der Waals surface area (Å²) in [5, 5.41) is 8.76. The molecule has 0 aliphatic carbocycles. The summed E-state index contributed by atoms with van der Waals surface area (Å²) in [6.07, 6.45) is 3.74. The fourth-order valence-electron chi connectivity index (χ4n) is 6.09. The van der Waals surface area contributed by atoms with Gasteiger partial charge in [-0.1, -0.05) is 74.0 Å². The van der Waals surface area contributed by atoms with Crippen molar-refractivity contribution in [2.45, 2.75) is 52.4 Å². The summed E-state index contributed by atoms with van der Waals surface area (Å²) in [6, 6.07) is 16.5. The molecule has 9 nitrogen and oxygen atoms in total. The average molecular weight is 542 g/mol. The van der Waals surface area contributed by atoms with E-state index in [0.29, 0.717) is 12.4 Å². The van der Waals surface area contributed by atoms with E-state index in [1.807, 2.05) is 31.2 Å². The molecule has 2 unspecified atom stereocenters. The normalized spacial score (nSPS) is 16.8. The Bertz CT molecular complexity index is 1560. The van der Waals surface area contributed by atoms with Gasteiger partial charge in [0.05, 0.1) is 0 Å². The Kier molecular flexibility index (Phi) is 7.87. The number of nitrogens with two attached hydrogens (primary N) is 1. The van der Waals surface area contributed by atoms with E-state index in [0.717, 1.165) is 60.6 Å². The van der Waals surface area contributed by atoms with Crippen molar-refractivity contribution >= 4 is 5.70 Å². The molecule has 0 bridgehead atoms. The summed E-state index contributed by atoms with van der Waals surface area (Å²) < 4.78 is 6.86. The molecule has 3 N–H and O–H groups in total. The molecule has 0 saturated carbocycles. The Balaban J connectivity index is 1.49. The molecule has 210 valence electrons. The monoisotopic (exact) mass is 541 g/mol. The van der Waals surface area contributed by atoms with Gasteiger partial charge in [-0.25, -0.2) is 14.5 Å². The van der Waals surface area contributed by atoms with Gasteiger partial charge in [0, 0.05) is 29.1 Å². The van der Waals surface area contributed by atoms with Gasteiger partial charge < -0.3 is 10.6 Å². The number of fused-ring (bicyclic) bond motifs is 1. The Morgan fingerprint density at radius 1 is 1.15 bits per heavy atom. The summed E-state index contributed by atoms with van der Waals surface area (Å²) in [5.74, 6) is 1.87. The third kappa shape index (κ3) is 5.44. The van der Waals surface area contributed by atoms with Gasteiger partial charge in [0.2, 0.25) is 0 Å². The van der Waals surface area contributed by atoms with Crippen LogP contribution in [0.25, 0.3) is 28.2 Å². The van der Waals surface area contributed by atoms with E-state index >= 15 is 0 Å². The highest BCUT2D eigenvalue weighted by atomic mass is 16.5. The molecule has 2 aromatic heterocycles. The number of H-pyrrole nitrogens is 1. The van der Waals surface area contributed by atoms with Crippen LogP contribution < -0.4 is 11.5 Å². The van der Waals surface area contributed by atoms with Gasteiger partial charge in [-0.3, -0.25) is 9.51 Å². The predicted octanol–water partition coefficient (Wildman–Crippen LogP) is 4.86. The van der Waals surface area contributed by atoms with E-state index in [2.05, 4.69) is 71.9 Å². The molecule has 0 radical (unpaired) electrons. The molecule has 40 heavy (non-hydrogen) atoms. The highest BCUT2D eigenvalue weighted by Gasteiger charge is 2.41. The van der Waals surface area contributed by atoms with Gasteiger partial charge in [-0.15, -0.1) is 0 Å². The number of aromatic nitrogens is 5. The number of benzene rings is 2. The van der Waals surface area contributed by atoms with Crippen molar-refractivity contribution < 1.29 is 4.52 Å². The number of hydrogen-bond donors (Lipinski definition) is 2. The minimum atomic E-state index is -0.566. The maximum absolute atomic E-state index is 11.5. The molecular weight excluding hydrogens is 502 g/mol. The first-order valence-corrected chi connectivity index (χ1v) is 14.0. The van der Waals surface area contributed by atoms with E-state index < -0.39 is 5.76 Å². The van der Waals surface area contributed by atoms with Crippen molar-refractivity contribution in [3.8, 4) is 22.5 Å². The summed E-state index contributed by atoms with van der Waals surface area (Å²) in [5.41, 5.74) is 13.0. The van der Waals surface area contributed by atoms with Crippen molar-refractivity contribution in [2.24, 2.45) is 11.1 Å². The lowest BCUT2D eigenvalue weighted by Gasteiger charge is -2.41. The summed E-state index contributed by atoms with van der Waals surface area (Å²) in [7, 11) is 4.21. The van der Waals surface area contributed by atoms with Crippen LogP contribution in [-0.4, -0.2) is 57.0 Å². The van der Waals surface area contributed by atoms with Crippen LogP contribution in [0, 0.1) is 12.3 Å². The maximum atomic E-state index is 11.5. The van der Waals surface area contributed by atoms with Crippen LogP contribution in [-0.2, 0) is 6.42 Å². The van der Waals surface area contributed by atoms with Crippen LogP contribution in [0.3, 0.4) is 0 Å². The Morgan fingerprint density at radius 3 is 2.50 bits per heavy atom.